The van der Waals surface area contributed by atoms with Gasteiger partial charge >= 0.3 is 0 Å². The van der Waals surface area contributed by atoms with Gasteiger partial charge in [-0.2, -0.15) is 17.0 Å². The maximum Gasteiger partial charge on any atom is 0.226 e. The second-order valence-corrected chi connectivity index (χ2v) is 5.84. The molecule has 1 amide bonds. The third-order valence-electron chi connectivity index (χ3n) is 2.80. The molecule has 0 bridgehead atoms. The van der Waals surface area contributed by atoms with Gasteiger partial charge in [0.1, 0.15) is 0 Å². The number of amides is 1. The maximum atomic E-state index is 11.9. The highest BCUT2D eigenvalue weighted by atomic mass is 35.5. The van der Waals surface area contributed by atoms with Gasteiger partial charge in [-0.3, -0.25) is 4.79 Å². The largest absolute Gasteiger partial charge is 0.325 e. The SMILES string of the molecule is N#Cc1ccc(NC(=O)CC2CSCCN2)c(Cl)c1. The molecule has 4 nitrogen and oxygen atoms in total. The first-order chi connectivity index (χ1) is 9.19. The number of hydrogen-bond donors (Lipinski definition) is 2. The summed E-state index contributed by atoms with van der Waals surface area (Å²) in [7, 11) is 0. The Bertz CT molecular complexity index is 509. The van der Waals surface area contributed by atoms with E-state index in [-0.39, 0.29) is 11.9 Å². The highest BCUT2D eigenvalue weighted by Gasteiger charge is 2.17. The van der Waals surface area contributed by atoms with Gasteiger partial charge in [0, 0.05) is 30.5 Å². The molecule has 19 heavy (non-hydrogen) atoms. The van der Waals surface area contributed by atoms with Crippen LogP contribution < -0.4 is 10.6 Å². The van der Waals surface area contributed by atoms with E-state index in [9.17, 15) is 4.79 Å². The lowest BCUT2D eigenvalue weighted by atomic mass is 10.2. The molecule has 1 aliphatic rings. The van der Waals surface area contributed by atoms with Gasteiger partial charge in [-0.1, -0.05) is 11.6 Å². The van der Waals surface area contributed by atoms with Crippen LogP contribution in [0.25, 0.3) is 0 Å². The number of hydrogen-bond acceptors (Lipinski definition) is 4. The van der Waals surface area contributed by atoms with Crippen molar-refractivity contribution in [2.45, 2.75) is 12.5 Å². The van der Waals surface area contributed by atoms with Crippen LogP contribution in [0.15, 0.2) is 18.2 Å². The van der Waals surface area contributed by atoms with E-state index < -0.39 is 0 Å². The van der Waals surface area contributed by atoms with Gasteiger partial charge in [-0.05, 0) is 18.2 Å². The lowest BCUT2D eigenvalue weighted by Gasteiger charge is -2.22. The molecule has 0 aromatic heterocycles. The second-order valence-electron chi connectivity index (χ2n) is 4.28. The summed E-state index contributed by atoms with van der Waals surface area (Å²) in [5.41, 5.74) is 1.03. The number of nitrogens with zero attached hydrogens (tertiary/aromatic N) is 1. The van der Waals surface area contributed by atoms with E-state index >= 15 is 0 Å². The molecular weight excluding hydrogens is 282 g/mol. The molecule has 1 fully saturated rings. The number of carbonyl (C=O) groups is 1. The minimum Gasteiger partial charge on any atom is -0.325 e. The van der Waals surface area contributed by atoms with Crippen LogP contribution in [0.5, 0.6) is 0 Å². The fourth-order valence-corrected chi connectivity index (χ4v) is 3.04. The molecule has 1 aromatic carbocycles. The number of carbonyl (C=O) groups excluding carboxylic acids is 1. The van der Waals surface area contributed by atoms with Crippen LogP contribution in [0.1, 0.15) is 12.0 Å². The van der Waals surface area contributed by atoms with Crippen LogP contribution in [0.4, 0.5) is 5.69 Å². The van der Waals surface area contributed by atoms with E-state index in [0.29, 0.717) is 22.7 Å². The maximum absolute atomic E-state index is 11.9. The number of nitriles is 1. The summed E-state index contributed by atoms with van der Waals surface area (Å²) in [5, 5.41) is 15.2. The van der Waals surface area contributed by atoms with Crippen LogP contribution in [0.3, 0.4) is 0 Å². The molecule has 1 aromatic rings. The summed E-state index contributed by atoms with van der Waals surface area (Å²) < 4.78 is 0. The fourth-order valence-electron chi connectivity index (χ4n) is 1.86. The minimum atomic E-state index is -0.0633. The van der Waals surface area contributed by atoms with Crippen molar-refractivity contribution in [1.82, 2.24) is 5.32 Å². The Balaban J connectivity index is 1.93. The molecule has 0 radical (unpaired) electrons. The average Bonchev–Trinajstić information content (AvgIpc) is 2.42. The third-order valence-corrected chi connectivity index (χ3v) is 4.25. The Morgan fingerprint density at radius 1 is 1.63 bits per heavy atom. The summed E-state index contributed by atoms with van der Waals surface area (Å²) in [6, 6.07) is 7.06. The molecule has 2 rings (SSSR count). The van der Waals surface area contributed by atoms with Crippen molar-refractivity contribution in [2.75, 3.05) is 23.4 Å². The van der Waals surface area contributed by atoms with Gasteiger partial charge < -0.3 is 10.6 Å². The summed E-state index contributed by atoms with van der Waals surface area (Å²) >= 11 is 7.86. The highest BCUT2D eigenvalue weighted by molar-refractivity contribution is 7.99. The van der Waals surface area contributed by atoms with Crippen molar-refractivity contribution in [3.05, 3.63) is 28.8 Å². The molecule has 0 aliphatic carbocycles. The Hall–Kier alpha value is -1.22. The van der Waals surface area contributed by atoms with Gasteiger partial charge in [-0.15, -0.1) is 0 Å². The highest BCUT2D eigenvalue weighted by Crippen LogP contribution is 2.23. The third kappa shape index (κ3) is 4.13. The van der Waals surface area contributed by atoms with Gasteiger partial charge in [-0.25, -0.2) is 0 Å². The van der Waals surface area contributed by atoms with Gasteiger partial charge in [0.25, 0.3) is 0 Å². The normalized spacial score (nSPS) is 18.6. The van der Waals surface area contributed by atoms with Crippen molar-refractivity contribution in [3.8, 4) is 6.07 Å². The first-order valence-corrected chi connectivity index (χ1v) is 7.53. The van der Waals surface area contributed by atoms with E-state index in [1.165, 1.54) is 0 Å². The van der Waals surface area contributed by atoms with Gasteiger partial charge in [0.05, 0.1) is 22.3 Å². The quantitative estimate of drug-likeness (QED) is 0.897. The van der Waals surface area contributed by atoms with Crippen molar-refractivity contribution >= 4 is 35.0 Å². The van der Waals surface area contributed by atoms with E-state index in [1.807, 2.05) is 17.8 Å². The smallest absolute Gasteiger partial charge is 0.226 e. The van der Waals surface area contributed by atoms with E-state index in [1.54, 1.807) is 18.2 Å². The fraction of sp³-hybridized carbons (Fsp3) is 0.385. The zero-order valence-electron chi connectivity index (χ0n) is 10.3. The predicted octanol–water partition coefficient (Wildman–Crippen LogP) is 2.25. The summed E-state index contributed by atoms with van der Waals surface area (Å²) in [6.07, 6.45) is 0.434. The number of halogens is 1. The summed E-state index contributed by atoms with van der Waals surface area (Å²) in [4.78, 5) is 11.9. The molecule has 0 saturated carbocycles. The zero-order chi connectivity index (χ0) is 13.7. The zero-order valence-corrected chi connectivity index (χ0v) is 11.9. The molecule has 100 valence electrons. The Morgan fingerprint density at radius 2 is 2.47 bits per heavy atom. The van der Waals surface area contributed by atoms with Crippen molar-refractivity contribution in [2.24, 2.45) is 0 Å². The second kappa shape index (κ2) is 6.80. The van der Waals surface area contributed by atoms with E-state index in [0.717, 1.165) is 18.1 Å². The standard InChI is InChI=1S/C13H14ClN3OS/c14-11-5-9(7-15)1-2-12(11)17-13(18)6-10-8-19-4-3-16-10/h1-2,5,10,16H,3-4,6,8H2,(H,17,18). The van der Waals surface area contributed by atoms with Gasteiger partial charge in [0.15, 0.2) is 0 Å². The molecule has 2 N–H and O–H groups in total. The lowest BCUT2D eigenvalue weighted by molar-refractivity contribution is -0.116. The molecule has 1 saturated heterocycles. The van der Waals surface area contributed by atoms with E-state index in [4.69, 9.17) is 16.9 Å². The number of anilines is 1. The first kappa shape index (κ1) is 14.2. The van der Waals surface area contributed by atoms with Crippen LogP contribution in [-0.4, -0.2) is 30.0 Å². The Morgan fingerprint density at radius 3 is 3.11 bits per heavy atom. The molecular formula is C13H14ClN3OS. The minimum absolute atomic E-state index is 0.0633. The van der Waals surface area contributed by atoms with Crippen molar-refractivity contribution < 1.29 is 4.79 Å². The number of benzene rings is 1. The van der Waals surface area contributed by atoms with Crippen molar-refractivity contribution in [1.29, 1.82) is 5.26 Å². The van der Waals surface area contributed by atoms with Crippen LogP contribution in [0, 0.1) is 11.3 Å². The molecule has 0 spiro atoms. The lowest BCUT2D eigenvalue weighted by Crippen LogP contribution is -2.39. The molecule has 1 unspecified atom stereocenters. The van der Waals surface area contributed by atoms with Gasteiger partial charge in [0.2, 0.25) is 5.91 Å². The number of nitrogens with one attached hydrogen (secondary N) is 2. The number of rotatable bonds is 3. The van der Waals surface area contributed by atoms with Crippen LogP contribution in [0.2, 0.25) is 5.02 Å². The number of thioether (sulfide) groups is 1. The van der Waals surface area contributed by atoms with Crippen LogP contribution >= 0.6 is 23.4 Å². The molecule has 1 atom stereocenters. The van der Waals surface area contributed by atoms with E-state index in [2.05, 4.69) is 10.6 Å². The predicted molar refractivity (Wildman–Crippen MR) is 78.5 cm³/mol. The summed E-state index contributed by atoms with van der Waals surface area (Å²) in [6.45, 7) is 0.945. The molecule has 1 heterocycles. The van der Waals surface area contributed by atoms with Crippen molar-refractivity contribution in [3.63, 3.8) is 0 Å². The Kier molecular flexibility index (Phi) is 5.08. The topological polar surface area (TPSA) is 64.9 Å². The monoisotopic (exact) mass is 295 g/mol. The first-order valence-electron chi connectivity index (χ1n) is 5.99. The molecule has 6 heteroatoms. The summed E-state index contributed by atoms with van der Waals surface area (Å²) in [5.74, 6) is 1.99. The Labute approximate surface area is 121 Å². The van der Waals surface area contributed by atoms with Crippen LogP contribution in [-0.2, 0) is 4.79 Å². The molecule has 1 aliphatic heterocycles. The average molecular weight is 296 g/mol.